The zero-order valence-corrected chi connectivity index (χ0v) is 10.5. The number of carbonyl (C=O) groups is 1. The number of aliphatic hydroxyl groups excluding tert-OH is 1. The summed E-state index contributed by atoms with van der Waals surface area (Å²) in [5, 5.41) is 10.1. The Kier molecular flexibility index (Phi) is 1.75. The van der Waals surface area contributed by atoms with E-state index in [1.54, 1.807) is 0 Å². The van der Waals surface area contributed by atoms with Crippen LogP contribution in [0.25, 0.3) is 0 Å². The molecule has 94 valence electrons. The van der Waals surface area contributed by atoms with Gasteiger partial charge >= 0.3 is 0 Å². The van der Waals surface area contributed by atoms with E-state index in [0.29, 0.717) is 11.3 Å². The second kappa shape index (κ2) is 2.87. The van der Waals surface area contributed by atoms with E-state index < -0.39 is 6.10 Å². The lowest BCUT2D eigenvalue weighted by Crippen LogP contribution is -2.52. The number of nitrogens with zero attached hydrogens (tertiary/aromatic N) is 1. The summed E-state index contributed by atoms with van der Waals surface area (Å²) < 4.78 is 0. The van der Waals surface area contributed by atoms with Gasteiger partial charge in [0.05, 0.1) is 0 Å². The van der Waals surface area contributed by atoms with Crippen LogP contribution in [0.2, 0.25) is 0 Å². The summed E-state index contributed by atoms with van der Waals surface area (Å²) in [4.78, 5) is 14.3. The quantitative estimate of drug-likeness (QED) is 0.692. The molecule has 3 nitrogen and oxygen atoms in total. The first-order valence-corrected chi connectivity index (χ1v) is 7.09. The molecule has 5 atom stereocenters. The average molecular weight is 235 g/mol. The van der Waals surface area contributed by atoms with Crippen molar-refractivity contribution in [3.63, 3.8) is 0 Å². The maximum atomic E-state index is 12.2. The number of carbonyl (C=O) groups excluding carboxylic acids is 1. The van der Waals surface area contributed by atoms with Crippen LogP contribution in [0.5, 0.6) is 0 Å². The number of amides is 1. The minimum Gasteiger partial charge on any atom is -0.383 e. The molecule has 4 fully saturated rings. The van der Waals surface area contributed by atoms with Gasteiger partial charge in [0, 0.05) is 18.0 Å². The highest BCUT2D eigenvalue weighted by molar-refractivity contribution is 5.86. The Bertz CT molecular complexity index is 396. The van der Waals surface area contributed by atoms with Crippen molar-refractivity contribution in [1.82, 2.24) is 4.90 Å². The molecule has 4 rings (SSSR count). The highest BCUT2D eigenvalue weighted by Gasteiger charge is 2.71. The third kappa shape index (κ3) is 0.939. The minimum absolute atomic E-state index is 0.0187. The van der Waals surface area contributed by atoms with Crippen LogP contribution < -0.4 is 0 Å². The molecule has 0 radical (unpaired) electrons. The van der Waals surface area contributed by atoms with Crippen molar-refractivity contribution in [3.05, 3.63) is 0 Å². The fourth-order valence-electron chi connectivity index (χ4n) is 5.78. The van der Waals surface area contributed by atoms with Crippen molar-refractivity contribution in [1.29, 1.82) is 0 Å². The molecule has 1 N–H and O–H groups in total. The van der Waals surface area contributed by atoms with Crippen LogP contribution in [0.1, 0.15) is 45.4 Å². The van der Waals surface area contributed by atoms with Gasteiger partial charge in [-0.1, -0.05) is 12.8 Å². The predicted molar refractivity (Wildman–Crippen MR) is 63.2 cm³/mol. The first-order valence-electron chi connectivity index (χ1n) is 7.09. The van der Waals surface area contributed by atoms with Gasteiger partial charge in [0.15, 0.2) is 0 Å². The lowest BCUT2D eigenvalue weighted by molar-refractivity contribution is -0.136. The first-order chi connectivity index (χ1) is 8.09. The Morgan fingerprint density at radius 3 is 2.94 bits per heavy atom. The second-order valence-electron chi connectivity index (χ2n) is 6.90. The zero-order valence-electron chi connectivity index (χ0n) is 10.5. The molecule has 2 heterocycles. The fourth-order valence-corrected chi connectivity index (χ4v) is 5.78. The molecule has 0 unspecified atom stereocenters. The van der Waals surface area contributed by atoms with E-state index in [1.807, 2.05) is 0 Å². The smallest absolute Gasteiger partial charge is 0.252 e. The number of rotatable bonds is 0. The summed E-state index contributed by atoms with van der Waals surface area (Å²) in [6.45, 7) is 3.18. The van der Waals surface area contributed by atoms with Crippen LogP contribution in [-0.2, 0) is 4.79 Å². The summed E-state index contributed by atoms with van der Waals surface area (Å²) in [6, 6.07) is 0. The van der Waals surface area contributed by atoms with Gasteiger partial charge in [-0.15, -0.1) is 0 Å². The second-order valence-corrected chi connectivity index (χ2v) is 6.90. The lowest BCUT2D eigenvalue weighted by atomic mass is 9.53. The van der Waals surface area contributed by atoms with Crippen molar-refractivity contribution in [2.45, 2.75) is 57.1 Å². The predicted octanol–water partition coefficient (Wildman–Crippen LogP) is 1.55. The van der Waals surface area contributed by atoms with Crippen molar-refractivity contribution < 1.29 is 9.90 Å². The molecule has 0 aromatic heterocycles. The van der Waals surface area contributed by atoms with E-state index in [-0.39, 0.29) is 17.4 Å². The third-order valence-corrected chi connectivity index (χ3v) is 6.52. The molecule has 2 bridgehead atoms. The summed E-state index contributed by atoms with van der Waals surface area (Å²) >= 11 is 0. The molecule has 1 amide bonds. The molecule has 2 aliphatic heterocycles. The normalized spacial score (nSPS) is 56.2. The number of hydrogen-bond acceptors (Lipinski definition) is 2. The van der Waals surface area contributed by atoms with Gasteiger partial charge in [0.1, 0.15) is 6.10 Å². The van der Waals surface area contributed by atoms with Crippen LogP contribution in [-0.4, -0.2) is 34.1 Å². The van der Waals surface area contributed by atoms with Crippen molar-refractivity contribution in [2.75, 3.05) is 6.54 Å². The Balaban J connectivity index is 1.86. The van der Waals surface area contributed by atoms with Gasteiger partial charge in [0.2, 0.25) is 0 Å². The molecule has 17 heavy (non-hydrogen) atoms. The summed E-state index contributed by atoms with van der Waals surface area (Å²) in [6.07, 6.45) is 6.80. The Morgan fingerprint density at radius 1 is 1.29 bits per heavy atom. The molecule has 2 aliphatic carbocycles. The lowest BCUT2D eigenvalue weighted by Gasteiger charge is -2.50. The van der Waals surface area contributed by atoms with E-state index in [4.69, 9.17) is 0 Å². The standard InChI is InChI=1S/C14H21NO2/c1-13-9-5-7-14(6-3-2-4-10(13)14)8-15(13)12(17)11(9)16/h9-11,16H,2-8H2,1H3/t9-,10-,11+,13+,14+/m1/s1. The Hall–Kier alpha value is -0.570. The monoisotopic (exact) mass is 235 g/mol. The van der Waals surface area contributed by atoms with E-state index in [1.165, 1.54) is 32.1 Å². The summed E-state index contributed by atoms with van der Waals surface area (Å²) in [5.74, 6) is 0.878. The molecular weight excluding hydrogens is 214 g/mol. The molecular formula is C14H21NO2. The maximum Gasteiger partial charge on any atom is 0.252 e. The van der Waals surface area contributed by atoms with E-state index >= 15 is 0 Å². The Morgan fingerprint density at radius 2 is 2.12 bits per heavy atom. The van der Waals surface area contributed by atoms with Crippen LogP contribution in [0.4, 0.5) is 0 Å². The van der Waals surface area contributed by atoms with Gasteiger partial charge in [-0.2, -0.15) is 0 Å². The molecule has 2 saturated carbocycles. The van der Waals surface area contributed by atoms with E-state index in [0.717, 1.165) is 13.0 Å². The van der Waals surface area contributed by atoms with Crippen molar-refractivity contribution in [3.8, 4) is 0 Å². The number of aliphatic hydroxyl groups is 1. The minimum atomic E-state index is -0.708. The van der Waals surface area contributed by atoms with E-state index in [9.17, 15) is 9.90 Å². The molecule has 0 spiro atoms. The van der Waals surface area contributed by atoms with Crippen molar-refractivity contribution >= 4 is 5.91 Å². The van der Waals surface area contributed by atoms with Gasteiger partial charge < -0.3 is 10.0 Å². The molecule has 4 aliphatic rings. The SMILES string of the molecule is C[C@]12[C@@H]3CC[C@@]4(CCCC[C@@H]41)CN2C(=O)[C@H]3O. The zero-order chi connectivity index (χ0) is 11.8. The maximum absolute atomic E-state index is 12.2. The molecule has 0 aromatic rings. The van der Waals surface area contributed by atoms with Crippen LogP contribution in [0.3, 0.4) is 0 Å². The van der Waals surface area contributed by atoms with E-state index in [2.05, 4.69) is 11.8 Å². The average Bonchev–Trinajstić information content (AvgIpc) is 2.63. The van der Waals surface area contributed by atoms with Crippen LogP contribution >= 0.6 is 0 Å². The summed E-state index contributed by atoms with van der Waals surface area (Å²) in [5.41, 5.74) is 0.397. The number of hydrogen-bond donors (Lipinski definition) is 1. The van der Waals surface area contributed by atoms with Crippen molar-refractivity contribution in [2.24, 2.45) is 17.3 Å². The fraction of sp³-hybridized carbons (Fsp3) is 0.929. The largest absolute Gasteiger partial charge is 0.383 e. The Labute approximate surface area is 102 Å². The van der Waals surface area contributed by atoms with Gasteiger partial charge in [0.25, 0.3) is 5.91 Å². The van der Waals surface area contributed by atoms with Gasteiger partial charge in [-0.05, 0) is 43.9 Å². The molecule has 2 saturated heterocycles. The first kappa shape index (κ1) is 10.4. The van der Waals surface area contributed by atoms with Crippen LogP contribution in [0, 0.1) is 17.3 Å². The molecule has 0 aromatic carbocycles. The topological polar surface area (TPSA) is 40.5 Å². The molecule has 3 heteroatoms. The summed E-state index contributed by atoms with van der Waals surface area (Å²) in [7, 11) is 0. The highest BCUT2D eigenvalue weighted by Crippen LogP contribution is 2.66. The van der Waals surface area contributed by atoms with Gasteiger partial charge in [-0.3, -0.25) is 4.79 Å². The highest BCUT2D eigenvalue weighted by atomic mass is 16.3. The van der Waals surface area contributed by atoms with Gasteiger partial charge in [-0.25, -0.2) is 0 Å². The van der Waals surface area contributed by atoms with Crippen LogP contribution in [0.15, 0.2) is 0 Å². The third-order valence-electron chi connectivity index (χ3n) is 6.52.